The van der Waals surface area contributed by atoms with Crippen molar-refractivity contribution in [1.82, 2.24) is 5.32 Å². The van der Waals surface area contributed by atoms with Crippen molar-refractivity contribution in [3.05, 3.63) is 23.8 Å². The number of hydrogen-bond acceptors (Lipinski definition) is 4. The Bertz CT molecular complexity index is 603. The first kappa shape index (κ1) is 18.1. The summed E-state index contributed by atoms with van der Waals surface area (Å²) in [5.41, 5.74) is -0.0969. The fraction of sp³-hybridized carbons (Fsp3) is 0.429. The van der Waals surface area contributed by atoms with Crippen LogP contribution in [0.1, 0.15) is 26.3 Å². The molecule has 0 spiro atoms. The largest absolute Gasteiger partial charge is 0.573 e. The minimum atomic E-state index is -4.83. The number of rotatable bonds is 4. The third kappa shape index (κ3) is 5.83. The molecular weight excluding hydrogens is 317 g/mol. The number of nitrogens with zero attached hydrogens (tertiary/aromatic N) is 1. The number of isothiocyanates is 1. The summed E-state index contributed by atoms with van der Waals surface area (Å²) < 4.78 is 40.7. The van der Waals surface area contributed by atoms with Crippen molar-refractivity contribution in [3.63, 3.8) is 0 Å². The first-order valence-electron chi connectivity index (χ1n) is 6.28. The Balaban J connectivity index is 2.94. The van der Waals surface area contributed by atoms with Crippen LogP contribution in [0.4, 0.5) is 18.9 Å². The van der Waals surface area contributed by atoms with Crippen LogP contribution < -0.4 is 10.1 Å². The van der Waals surface area contributed by atoms with Gasteiger partial charge < -0.3 is 10.1 Å². The van der Waals surface area contributed by atoms with Gasteiger partial charge in [-0.2, -0.15) is 4.99 Å². The Hall–Kier alpha value is -1.92. The lowest BCUT2D eigenvalue weighted by Crippen LogP contribution is -2.34. The summed E-state index contributed by atoms with van der Waals surface area (Å²) in [4.78, 5) is 15.3. The minimum absolute atomic E-state index is 0.102. The molecule has 0 saturated heterocycles. The summed E-state index contributed by atoms with van der Waals surface area (Å²) in [6, 6.07) is 3.88. The summed E-state index contributed by atoms with van der Waals surface area (Å²) in [5, 5.41) is 4.69. The molecule has 0 bridgehead atoms. The molecule has 120 valence electrons. The number of benzene rings is 1. The number of thiocarbonyl (C=S) groups is 1. The van der Waals surface area contributed by atoms with Crippen LogP contribution in [0.2, 0.25) is 0 Å². The summed E-state index contributed by atoms with van der Waals surface area (Å²) in [5.74, 6) is -0.654. The number of nitrogens with one attached hydrogen (secondary N) is 1. The van der Waals surface area contributed by atoms with Crippen LogP contribution in [-0.2, 0) is 11.3 Å². The van der Waals surface area contributed by atoms with Gasteiger partial charge in [-0.25, -0.2) is 0 Å². The number of hydrogen-bond donors (Lipinski definition) is 1. The number of carbonyl (C=O) groups excluding carboxylic acids is 1. The van der Waals surface area contributed by atoms with Crippen molar-refractivity contribution >= 4 is 29.0 Å². The Morgan fingerprint density at radius 2 is 2.00 bits per heavy atom. The smallest absolute Gasteiger partial charge is 0.403 e. The Morgan fingerprint density at radius 3 is 2.50 bits per heavy atom. The van der Waals surface area contributed by atoms with E-state index in [4.69, 9.17) is 0 Å². The SMILES string of the molecule is CC(C)(C)C(=O)NCc1ccc(OC(F)(F)F)c(N=C=S)c1. The zero-order valence-corrected chi connectivity index (χ0v) is 13.1. The van der Waals surface area contributed by atoms with E-state index in [2.05, 4.69) is 27.3 Å². The van der Waals surface area contributed by atoms with E-state index in [-0.39, 0.29) is 18.1 Å². The van der Waals surface area contributed by atoms with Crippen molar-refractivity contribution in [2.75, 3.05) is 0 Å². The van der Waals surface area contributed by atoms with Crippen LogP contribution in [-0.4, -0.2) is 17.4 Å². The molecular formula is C14H15F3N2O2S. The zero-order valence-electron chi connectivity index (χ0n) is 12.2. The van der Waals surface area contributed by atoms with E-state index in [1.807, 2.05) is 5.16 Å². The fourth-order valence-electron chi connectivity index (χ4n) is 1.47. The molecule has 0 atom stereocenters. The Labute approximate surface area is 131 Å². The Kier molecular flexibility index (Phi) is 5.68. The number of halogens is 3. The van der Waals surface area contributed by atoms with Gasteiger partial charge >= 0.3 is 6.36 Å². The van der Waals surface area contributed by atoms with Crippen LogP contribution in [0.25, 0.3) is 0 Å². The van der Waals surface area contributed by atoms with Crippen LogP contribution >= 0.6 is 12.2 Å². The fourth-order valence-corrected chi connectivity index (χ4v) is 1.57. The van der Waals surface area contributed by atoms with Crippen LogP contribution in [0.3, 0.4) is 0 Å². The molecule has 1 aromatic carbocycles. The standard InChI is InChI=1S/C14H15F3N2O2S/c1-13(2,3)12(20)18-7-9-4-5-11(21-14(15,16)17)10(6-9)19-8-22/h4-6H,7H2,1-3H3,(H,18,20). The molecule has 0 aliphatic rings. The lowest BCUT2D eigenvalue weighted by molar-refractivity contribution is -0.274. The molecule has 0 unspecified atom stereocenters. The molecule has 1 aromatic rings. The monoisotopic (exact) mass is 332 g/mol. The van der Waals surface area contributed by atoms with Gasteiger partial charge in [0.1, 0.15) is 5.69 Å². The van der Waals surface area contributed by atoms with Gasteiger partial charge in [-0.1, -0.05) is 26.8 Å². The summed E-state index contributed by atoms with van der Waals surface area (Å²) in [6.45, 7) is 5.42. The highest BCUT2D eigenvalue weighted by Gasteiger charge is 2.32. The van der Waals surface area contributed by atoms with E-state index >= 15 is 0 Å². The molecule has 1 N–H and O–H groups in total. The van der Waals surface area contributed by atoms with Gasteiger partial charge in [0, 0.05) is 12.0 Å². The molecule has 0 saturated carbocycles. The van der Waals surface area contributed by atoms with E-state index in [1.165, 1.54) is 12.1 Å². The highest BCUT2D eigenvalue weighted by Crippen LogP contribution is 2.33. The highest BCUT2D eigenvalue weighted by atomic mass is 32.1. The van der Waals surface area contributed by atoms with Gasteiger partial charge in [0.05, 0.1) is 5.16 Å². The molecule has 0 heterocycles. The molecule has 4 nitrogen and oxygen atoms in total. The van der Waals surface area contributed by atoms with Gasteiger partial charge in [0.2, 0.25) is 5.91 Å². The van der Waals surface area contributed by atoms with Gasteiger partial charge in [0.25, 0.3) is 0 Å². The molecule has 0 aliphatic carbocycles. The van der Waals surface area contributed by atoms with Crippen molar-refractivity contribution in [3.8, 4) is 5.75 Å². The minimum Gasteiger partial charge on any atom is -0.403 e. The number of carbonyl (C=O) groups is 1. The second-order valence-corrected chi connectivity index (χ2v) is 5.67. The predicted octanol–water partition coefficient (Wildman–Crippen LogP) is 3.98. The predicted molar refractivity (Wildman–Crippen MR) is 79.1 cm³/mol. The quantitative estimate of drug-likeness (QED) is 0.670. The summed E-state index contributed by atoms with van der Waals surface area (Å²) in [7, 11) is 0. The Morgan fingerprint density at radius 1 is 1.36 bits per heavy atom. The van der Waals surface area contributed by atoms with Gasteiger partial charge in [-0.3, -0.25) is 4.79 Å². The average Bonchev–Trinajstić information content (AvgIpc) is 2.36. The molecule has 0 aliphatic heterocycles. The maximum absolute atomic E-state index is 12.3. The number of aliphatic imine (C=N–C) groups is 1. The summed E-state index contributed by atoms with van der Waals surface area (Å²) in [6.07, 6.45) is -4.83. The summed E-state index contributed by atoms with van der Waals surface area (Å²) >= 11 is 4.41. The molecule has 22 heavy (non-hydrogen) atoms. The van der Waals surface area contributed by atoms with Gasteiger partial charge in [0.15, 0.2) is 5.75 Å². The lowest BCUT2D eigenvalue weighted by atomic mass is 9.95. The van der Waals surface area contributed by atoms with Crippen LogP contribution in [0.15, 0.2) is 23.2 Å². The number of ether oxygens (including phenoxy) is 1. The van der Waals surface area contributed by atoms with Crippen LogP contribution in [0, 0.1) is 5.41 Å². The zero-order chi connectivity index (χ0) is 17.0. The molecule has 8 heteroatoms. The van der Waals surface area contributed by atoms with Gasteiger partial charge in [-0.05, 0) is 29.9 Å². The third-order valence-electron chi connectivity index (χ3n) is 2.55. The maximum atomic E-state index is 12.3. The second kappa shape index (κ2) is 6.89. The molecule has 0 aromatic heterocycles. The maximum Gasteiger partial charge on any atom is 0.573 e. The first-order valence-corrected chi connectivity index (χ1v) is 6.68. The second-order valence-electron chi connectivity index (χ2n) is 5.49. The van der Waals surface area contributed by atoms with E-state index < -0.39 is 17.5 Å². The third-order valence-corrected chi connectivity index (χ3v) is 2.64. The van der Waals surface area contributed by atoms with Crippen molar-refractivity contribution < 1.29 is 22.7 Å². The lowest BCUT2D eigenvalue weighted by Gasteiger charge is -2.18. The first-order chi connectivity index (χ1) is 10.0. The van der Waals surface area contributed by atoms with E-state index in [0.29, 0.717) is 5.56 Å². The number of amides is 1. The molecule has 0 radical (unpaired) electrons. The molecule has 1 amide bonds. The van der Waals surface area contributed by atoms with Crippen molar-refractivity contribution in [1.29, 1.82) is 0 Å². The van der Waals surface area contributed by atoms with Crippen molar-refractivity contribution in [2.24, 2.45) is 10.4 Å². The average molecular weight is 332 g/mol. The van der Waals surface area contributed by atoms with E-state index in [1.54, 1.807) is 20.8 Å². The normalized spacial score (nSPS) is 11.5. The highest BCUT2D eigenvalue weighted by molar-refractivity contribution is 7.78. The molecule has 1 rings (SSSR count). The van der Waals surface area contributed by atoms with E-state index in [9.17, 15) is 18.0 Å². The number of alkyl halides is 3. The van der Waals surface area contributed by atoms with Crippen molar-refractivity contribution in [2.45, 2.75) is 33.7 Å². The molecule has 0 fully saturated rings. The topological polar surface area (TPSA) is 50.7 Å². The van der Waals surface area contributed by atoms with Crippen LogP contribution in [0.5, 0.6) is 5.75 Å². The van der Waals surface area contributed by atoms with E-state index in [0.717, 1.165) is 6.07 Å². The van der Waals surface area contributed by atoms with Gasteiger partial charge in [-0.15, -0.1) is 13.2 Å².